The molecule has 7 heteroatoms. The van der Waals surface area contributed by atoms with E-state index in [4.69, 9.17) is 0 Å². The minimum Gasteiger partial charge on any atom is -0.370 e. The van der Waals surface area contributed by atoms with E-state index in [9.17, 15) is 8.42 Å². The first-order valence-corrected chi connectivity index (χ1v) is 8.58. The van der Waals surface area contributed by atoms with Crippen LogP contribution in [0, 0.1) is 0 Å². The van der Waals surface area contributed by atoms with Crippen molar-refractivity contribution < 1.29 is 8.42 Å². The van der Waals surface area contributed by atoms with Crippen LogP contribution < -0.4 is 10.0 Å². The first-order chi connectivity index (χ1) is 8.49. The van der Waals surface area contributed by atoms with E-state index in [1.165, 1.54) is 18.3 Å². The van der Waals surface area contributed by atoms with Crippen molar-refractivity contribution in [2.75, 3.05) is 23.9 Å². The smallest absolute Gasteiger partial charge is 0.241 e. The van der Waals surface area contributed by atoms with Gasteiger partial charge in [-0.3, -0.25) is 0 Å². The molecule has 102 valence electrons. The Balaban J connectivity index is 2.87. The van der Waals surface area contributed by atoms with E-state index >= 15 is 0 Å². The molecule has 0 radical (unpaired) electrons. The third-order valence-corrected chi connectivity index (χ3v) is 4.59. The second kappa shape index (κ2) is 6.96. The van der Waals surface area contributed by atoms with Gasteiger partial charge in [0, 0.05) is 30.6 Å². The van der Waals surface area contributed by atoms with Crippen molar-refractivity contribution in [1.29, 1.82) is 0 Å². The fraction of sp³-hybridized carbons (Fsp3) is 0.545. The highest BCUT2D eigenvalue weighted by Crippen LogP contribution is 2.13. The maximum Gasteiger partial charge on any atom is 0.241 e. The van der Waals surface area contributed by atoms with Gasteiger partial charge in [0.15, 0.2) is 0 Å². The number of anilines is 1. The van der Waals surface area contributed by atoms with Crippen LogP contribution in [0.25, 0.3) is 0 Å². The molecule has 1 heterocycles. The van der Waals surface area contributed by atoms with Gasteiger partial charge in [-0.05, 0) is 26.2 Å². The number of hydrogen-bond acceptors (Lipinski definition) is 5. The number of hydrogen-bond donors (Lipinski definition) is 2. The molecule has 1 unspecified atom stereocenters. The van der Waals surface area contributed by atoms with Crippen molar-refractivity contribution in [1.82, 2.24) is 9.71 Å². The fourth-order valence-electron chi connectivity index (χ4n) is 1.47. The number of thioether (sulfide) groups is 1. The summed E-state index contributed by atoms with van der Waals surface area (Å²) < 4.78 is 26.8. The Morgan fingerprint density at radius 2 is 2.22 bits per heavy atom. The molecule has 0 spiro atoms. The molecule has 0 aromatic carbocycles. The summed E-state index contributed by atoms with van der Waals surface area (Å²) >= 11 is 1.61. The summed E-state index contributed by atoms with van der Waals surface area (Å²) in [6.45, 7) is 4.48. The molecule has 1 aromatic rings. The van der Waals surface area contributed by atoms with E-state index in [-0.39, 0.29) is 10.9 Å². The SMILES string of the molecule is CCNc1cc(S(=O)(=O)NC(C)CSC)ccn1. The molecule has 2 N–H and O–H groups in total. The molecule has 0 saturated heterocycles. The van der Waals surface area contributed by atoms with Crippen molar-refractivity contribution in [3.8, 4) is 0 Å². The molecule has 0 fully saturated rings. The number of sulfonamides is 1. The van der Waals surface area contributed by atoms with Gasteiger partial charge in [0.1, 0.15) is 5.82 Å². The first kappa shape index (κ1) is 15.3. The Morgan fingerprint density at radius 1 is 1.50 bits per heavy atom. The van der Waals surface area contributed by atoms with E-state index in [1.807, 2.05) is 20.1 Å². The Labute approximate surface area is 113 Å². The Bertz CT molecular complexity index is 477. The van der Waals surface area contributed by atoms with Gasteiger partial charge in [-0.1, -0.05) is 0 Å². The molecule has 0 aliphatic rings. The minimum absolute atomic E-state index is 0.0965. The molecule has 1 atom stereocenters. The van der Waals surface area contributed by atoms with Crippen LogP contribution in [0.15, 0.2) is 23.2 Å². The molecular weight excluding hydrogens is 270 g/mol. The van der Waals surface area contributed by atoms with Gasteiger partial charge in [0.05, 0.1) is 4.90 Å². The molecule has 0 amide bonds. The van der Waals surface area contributed by atoms with Crippen molar-refractivity contribution in [2.24, 2.45) is 0 Å². The Kier molecular flexibility index (Phi) is 5.90. The Morgan fingerprint density at radius 3 is 2.83 bits per heavy atom. The largest absolute Gasteiger partial charge is 0.370 e. The lowest BCUT2D eigenvalue weighted by Crippen LogP contribution is -2.34. The van der Waals surface area contributed by atoms with Crippen LogP contribution in [0.4, 0.5) is 5.82 Å². The van der Waals surface area contributed by atoms with E-state index in [0.29, 0.717) is 12.4 Å². The van der Waals surface area contributed by atoms with E-state index < -0.39 is 10.0 Å². The summed E-state index contributed by atoms with van der Waals surface area (Å²) in [7, 11) is -3.47. The number of rotatable bonds is 7. The summed E-state index contributed by atoms with van der Waals surface area (Å²) in [5, 5.41) is 2.99. The predicted molar refractivity (Wildman–Crippen MR) is 76.6 cm³/mol. The average Bonchev–Trinajstić information content (AvgIpc) is 2.29. The van der Waals surface area contributed by atoms with Crippen molar-refractivity contribution in [2.45, 2.75) is 24.8 Å². The van der Waals surface area contributed by atoms with Gasteiger partial charge < -0.3 is 5.32 Å². The van der Waals surface area contributed by atoms with Gasteiger partial charge in [0.2, 0.25) is 10.0 Å². The van der Waals surface area contributed by atoms with Crippen molar-refractivity contribution >= 4 is 27.6 Å². The quantitative estimate of drug-likeness (QED) is 0.797. The van der Waals surface area contributed by atoms with E-state index in [1.54, 1.807) is 11.8 Å². The average molecular weight is 289 g/mol. The first-order valence-electron chi connectivity index (χ1n) is 5.70. The predicted octanol–water partition coefficient (Wildman–Crippen LogP) is 1.54. The molecule has 0 aliphatic heterocycles. The molecule has 0 aliphatic carbocycles. The van der Waals surface area contributed by atoms with Gasteiger partial charge in [-0.25, -0.2) is 18.1 Å². The molecule has 5 nitrogen and oxygen atoms in total. The molecular formula is C11H19N3O2S2. The second-order valence-corrected chi connectivity index (χ2v) is 6.51. The molecule has 1 aromatic heterocycles. The monoisotopic (exact) mass is 289 g/mol. The lowest BCUT2D eigenvalue weighted by molar-refractivity contribution is 0.571. The number of pyridine rings is 1. The van der Waals surface area contributed by atoms with Gasteiger partial charge >= 0.3 is 0 Å². The summed E-state index contributed by atoms with van der Waals surface area (Å²) in [5.41, 5.74) is 0. The standard InChI is InChI=1S/C11H19N3O2S2/c1-4-12-11-7-10(5-6-13-11)18(15,16)14-9(2)8-17-3/h5-7,9,14H,4,8H2,1-3H3,(H,12,13). The molecule has 0 saturated carbocycles. The summed E-state index contributed by atoms with van der Waals surface area (Å²) in [4.78, 5) is 4.29. The van der Waals surface area contributed by atoms with Crippen LogP contribution in [-0.4, -0.2) is 38.0 Å². The minimum atomic E-state index is -3.47. The van der Waals surface area contributed by atoms with Gasteiger partial charge in [-0.15, -0.1) is 0 Å². The second-order valence-electron chi connectivity index (χ2n) is 3.88. The van der Waals surface area contributed by atoms with Crippen LogP contribution in [0.2, 0.25) is 0 Å². The summed E-state index contributed by atoms with van der Waals surface area (Å²) in [5.74, 6) is 1.31. The highest BCUT2D eigenvalue weighted by molar-refractivity contribution is 7.98. The number of aromatic nitrogens is 1. The Hall–Kier alpha value is -0.790. The highest BCUT2D eigenvalue weighted by Gasteiger charge is 2.17. The van der Waals surface area contributed by atoms with Crippen molar-refractivity contribution in [3.63, 3.8) is 0 Å². The zero-order chi connectivity index (χ0) is 13.6. The maximum absolute atomic E-state index is 12.1. The zero-order valence-electron chi connectivity index (χ0n) is 10.8. The van der Waals surface area contributed by atoms with Crippen LogP contribution in [0.3, 0.4) is 0 Å². The lowest BCUT2D eigenvalue weighted by atomic mass is 10.4. The van der Waals surface area contributed by atoms with Gasteiger partial charge in [0.25, 0.3) is 0 Å². The zero-order valence-corrected chi connectivity index (χ0v) is 12.4. The molecule has 0 bridgehead atoms. The normalized spacial score (nSPS) is 13.3. The topological polar surface area (TPSA) is 71.1 Å². The number of nitrogens with zero attached hydrogens (tertiary/aromatic N) is 1. The van der Waals surface area contributed by atoms with Crippen LogP contribution >= 0.6 is 11.8 Å². The summed E-state index contributed by atoms with van der Waals surface area (Å²) in [6, 6.07) is 2.94. The third kappa shape index (κ3) is 4.47. The lowest BCUT2D eigenvalue weighted by Gasteiger charge is -2.13. The van der Waals surface area contributed by atoms with Crippen LogP contribution in [0.1, 0.15) is 13.8 Å². The third-order valence-electron chi connectivity index (χ3n) is 2.17. The van der Waals surface area contributed by atoms with Crippen LogP contribution in [-0.2, 0) is 10.0 Å². The van der Waals surface area contributed by atoms with E-state index in [0.717, 1.165) is 5.75 Å². The van der Waals surface area contributed by atoms with E-state index in [2.05, 4.69) is 15.0 Å². The molecule has 1 rings (SSSR count). The van der Waals surface area contributed by atoms with Crippen LogP contribution in [0.5, 0.6) is 0 Å². The fourth-order valence-corrected chi connectivity index (χ4v) is 3.42. The van der Waals surface area contributed by atoms with Gasteiger partial charge in [-0.2, -0.15) is 11.8 Å². The maximum atomic E-state index is 12.1. The number of nitrogens with one attached hydrogen (secondary N) is 2. The van der Waals surface area contributed by atoms with Crippen molar-refractivity contribution in [3.05, 3.63) is 18.3 Å². The summed E-state index contributed by atoms with van der Waals surface area (Å²) in [6.07, 6.45) is 3.44. The highest BCUT2D eigenvalue weighted by atomic mass is 32.2. The molecule has 18 heavy (non-hydrogen) atoms.